The quantitative estimate of drug-likeness (QED) is 0.306. The van der Waals surface area contributed by atoms with Crippen molar-refractivity contribution in [2.45, 2.75) is 38.8 Å². The summed E-state index contributed by atoms with van der Waals surface area (Å²) in [4.78, 5) is 24.9. The number of hydrogen-bond donors (Lipinski definition) is 3. The first-order valence-corrected chi connectivity index (χ1v) is 11.1. The molecule has 0 aliphatic carbocycles. The van der Waals surface area contributed by atoms with E-state index in [1.165, 1.54) is 18.2 Å². The van der Waals surface area contributed by atoms with Gasteiger partial charge in [0.05, 0.1) is 11.7 Å². The molecule has 0 aliphatic rings. The van der Waals surface area contributed by atoms with E-state index in [1.54, 1.807) is 49.4 Å². The summed E-state index contributed by atoms with van der Waals surface area (Å²) in [5.74, 6) is -0.812. The lowest BCUT2D eigenvalue weighted by molar-refractivity contribution is -0.274. The second kappa shape index (κ2) is 11.5. The molecule has 0 radical (unpaired) electrons. The number of amides is 2. The molecular formula is C26H25F3N2O5. The first kappa shape index (κ1) is 26.4. The Balaban J connectivity index is 1.57. The van der Waals surface area contributed by atoms with Gasteiger partial charge in [0.25, 0.3) is 5.91 Å². The number of nitrogens with one attached hydrogen (secondary N) is 2. The number of benzene rings is 3. The summed E-state index contributed by atoms with van der Waals surface area (Å²) in [6.45, 7) is 3.50. The number of aromatic hydroxyl groups is 1. The molecule has 0 saturated heterocycles. The smallest absolute Gasteiger partial charge is 0.506 e. The fourth-order valence-corrected chi connectivity index (χ4v) is 3.39. The van der Waals surface area contributed by atoms with Crippen LogP contribution in [0.25, 0.3) is 0 Å². The summed E-state index contributed by atoms with van der Waals surface area (Å²) >= 11 is 0. The van der Waals surface area contributed by atoms with Gasteiger partial charge in [-0.25, -0.2) is 4.79 Å². The van der Waals surface area contributed by atoms with E-state index >= 15 is 0 Å². The molecule has 36 heavy (non-hydrogen) atoms. The number of carbonyl (C=O) groups excluding carboxylic acids is 2. The van der Waals surface area contributed by atoms with Gasteiger partial charge in [-0.1, -0.05) is 43.3 Å². The summed E-state index contributed by atoms with van der Waals surface area (Å²) in [5.41, 5.74) is 1.88. The number of carbonyl (C=O) groups is 2. The second-order valence-corrected chi connectivity index (χ2v) is 7.88. The zero-order valence-electron chi connectivity index (χ0n) is 19.5. The van der Waals surface area contributed by atoms with E-state index < -0.39 is 30.5 Å². The average Bonchev–Trinajstić information content (AvgIpc) is 2.83. The largest absolute Gasteiger partial charge is 0.573 e. The number of phenolic OH excluding ortho intramolecular Hbond substituents is 1. The Labute approximate surface area is 205 Å². The van der Waals surface area contributed by atoms with Crippen LogP contribution in [0.5, 0.6) is 11.5 Å². The van der Waals surface area contributed by atoms with Crippen molar-refractivity contribution in [1.82, 2.24) is 5.32 Å². The third-order valence-electron chi connectivity index (χ3n) is 5.27. The minimum Gasteiger partial charge on any atom is -0.506 e. The van der Waals surface area contributed by atoms with Crippen LogP contribution >= 0.6 is 0 Å². The van der Waals surface area contributed by atoms with Crippen LogP contribution in [0.2, 0.25) is 0 Å². The van der Waals surface area contributed by atoms with Crippen LogP contribution in [-0.2, 0) is 4.74 Å². The first-order valence-electron chi connectivity index (χ1n) is 11.1. The Morgan fingerprint density at radius 3 is 2.14 bits per heavy atom. The van der Waals surface area contributed by atoms with Crippen LogP contribution in [-0.4, -0.2) is 23.5 Å². The summed E-state index contributed by atoms with van der Waals surface area (Å²) in [7, 11) is 0. The molecule has 0 unspecified atom stereocenters. The number of alkyl halides is 3. The maximum absolute atomic E-state index is 12.5. The minimum absolute atomic E-state index is 0.0484. The van der Waals surface area contributed by atoms with Gasteiger partial charge in [0.2, 0.25) is 0 Å². The van der Waals surface area contributed by atoms with Crippen LogP contribution in [0, 0.1) is 0 Å². The Morgan fingerprint density at radius 1 is 0.944 bits per heavy atom. The molecule has 3 aromatic carbocycles. The van der Waals surface area contributed by atoms with Gasteiger partial charge in [0, 0.05) is 5.56 Å². The molecule has 3 aromatic rings. The normalized spacial score (nSPS) is 12.8. The van der Waals surface area contributed by atoms with Crippen LogP contribution in [0.3, 0.4) is 0 Å². The van der Waals surface area contributed by atoms with E-state index in [1.807, 2.05) is 6.92 Å². The number of ether oxygens (including phenoxy) is 2. The molecule has 190 valence electrons. The molecule has 3 N–H and O–H groups in total. The van der Waals surface area contributed by atoms with Gasteiger partial charge in [-0.15, -0.1) is 13.2 Å². The zero-order valence-corrected chi connectivity index (χ0v) is 19.5. The Morgan fingerprint density at radius 2 is 1.56 bits per heavy atom. The maximum Gasteiger partial charge on any atom is 0.573 e. The average molecular weight is 502 g/mol. The lowest BCUT2D eigenvalue weighted by Crippen LogP contribution is -2.28. The molecule has 10 heteroatoms. The van der Waals surface area contributed by atoms with E-state index in [4.69, 9.17) is 4.74 Å². The molecule has 7 nitrogen and oxygen atoms in total. The van der Waals surface area contributed by atoms with Gasteiger partial charge in [0.1, 0.15) is 17.6 Å². The van der Waals surface area contributed by atoms with Crippen molar-refractivity contribution in [2.75, 3.05) is 5.32 Å². The molecular weight excluding hydrogens is 477 g/mol. The van der Waals surface area contributed by atoms with Gasteiger partial charge in [-0.3, -0.25) is 4.79 Å². The van der Waals surface area contributed by atoms with Crippen molar-refractivity contribution in [2.24, 2.45) is 0 Å². The number of hydrogen-bond acceptors (Lipinski definition) is 5. The van der Waals surface area contributed by atoms with E-state index in [2.05, 4.69) is 15.4 Å². The van der Waals surface area contributed by atoms with Crippen molar-refractivity contribution in [1.29, 1.82) is 0 Å². The standard InChI is InChI=1S/C26H25F3N2O5/c1-3-23(18-8-10-19(11-9-18)24(33)31-21-6-4-5-7-22(21)32)35-25(34)30-16(2)17-12-14-20(15-13-17)36-26(27,28)29/h4-16,23,32H,3H2,1-2H3,(H,30,34)(H,31,33)/t16-,23+/m0/s1. The number of rotatable bonds is 8. The number of para-hydroxylation sites is 2. The first-order chi connectivity index (χ1) is 17.1. The Hall–Kier alpha value is -4.21. The van der Waals surface area contributed by atoms with Gasteiger partial charge in [-0.05, 0) is 60.9 Å². The zero-order chi connectivity index (χ0) is 26.3. The van der Waals surface area contributed by atoms with Gasteiger partial charge in [0.15, 0.2) is 0 Å². The van der Waals surface area contributed by atoms with E-state index in [0.717, 1.165) is 12.1 Å². The molecule has 0 aliphatic heterocycles. The maximum atomic E-state index is 12.5. The summed E-state index contributed by atoms with van der Waals surface area (Å²) in [6, 6.07) is 17.5. The van der Waals surface area contributed by atoms with Crippen LogP contribution in [0.4, 0.5) is 23.7 Å². The predicted molar refractivity (Wildman–Crippen MR) is 127 cm³/mol. The molecule has 0 saturated carbocycles. The van der Waals surface area contributed by atoms with Gasteiger partial charge in [-0.2, -0.15) is 0 Å². The summed E-state index contributed by atoms with van der Waals surface area (Å²) in [6.07, 6.45) is -5.60. The number of halogens is 3. The third-order valence-corrected chi connectivity index (χ3v) is 5.27. The lowest BCUT2D eigenvalue weighted by atomic mass is 10.0. The number of alkyl carbamates (subject to hydrolysis) is 1. The van der Waals surface area contributed by atoms with Crippen molar-refractivity contribution in [3.63, 3.8) is 0 Å². The van der Waals surface area contributed by atoms with Crippen LogP contribution in [0.1, 0.15) is 53.9 Å². The highest BCUT2D eigenvalue weighted by Crippen LogP contribution is 2.26. The van der Waals surface area contributed by atoms with Crippen molar-refractivity contribution < 1.29 is 37.3 Å². The predicted octanol–water partition coefficient (Wildman–Crippen LogP) is 6.48. The monoisotopic (exact) mass is 502 g/mol. The van der Waals surface area contributed by atoms with Gasteiger partial charge < -0.3 is 25.2 Å². The summed E-state index contributed by atoms with van der Waals surface area (Å²) < 4.78 is 46.3. The molecule has 2 amide bonds. The SMILES string of the molecule is CC[C@@H](OC(=O)N[C@@H](C)c1ccc(OC(F)(F)F)cc1)c1ccc(C(=O)Nc2ccccc2O)cc1. The fraction of sp³-hybridized carbons (Fsp3) is 0.231. The topological polar surface area (TPSA) is 96.9 Å². The highest BCUT2D eigenvalue weighted by Gasteiger charge is 2.31. The fourth-order valence-electron chi connectivity index (χ4n) is 3.39. The Bertz CT molecular complexity index is 1180. The third kappa shape index (κ3) is 7.39. The minimum atomic E-state index is -4.78. The molecule has 0 fully saturated rings. The molecule has 0 spiro atoms. The second-order valence-electron chi connectivity index (χ2n) is 7.88. The molecule has 0 heterocycles. The van der Waals surface area contributed by atoms with E-state index in [-0.39, 0.29) is 17.2 Å². The van der Waals surface area contributed by atoms with E-state index in [0.29, 0.717) is 23.1 Å². The molecule has 3 rings (SSSR count). The molecule has 0 aromatic heterocycles. The molecule has 0 bridgehead atoms. The lowest BCUT2D eigenvalue weighted by Gasteiger charge is -2.20. The van der Waals surface area contributed by atoms with Gasteiger partial charge >= 0.3 is 12.5 Å². The van der Waals surface area contributed by atoms with Crippen molar-refractivity contribution >= 4 is 17.7 Å². The van der Waals surface area contributed by atoms with Crippen LogP contribution in [0.15, 0.2) is 72.8 Å². The van der Waals surface area contributed by atoms with Crippen molar-refractivity contribution in [3.05, 3.63) is 89.5 Å². The summed E-state index contributed by atoms with van der Waals surface area (Å²) in [5, 5.41) is 15.1. The Kier molecular flexibility index (Phi) is 8.42. The number of phenols is 1. The highest BCUT2D eigenvalue weighted by atomic mass is 19.4. The molecule has 2 atom stereocenters. The number of anilines is 1. The van der Waals surface area contributed by atoms with Crippen molar-refractivity contribution in [3.8, 4) is 11.5 Å². The van der Waals surface area contributed by atoms with E-state index in [9.17, 15) is 27.9 Å². The highest BCUT2D eigenvalue weighted by molar-refractivity contribution is 6.05. The van der Waals surface area contributed by atoms with Crippen LogP contribution < -0.4 is 15.4 Å².